The topological polar surface area (TPSA) is 67.4 Å². The second kappa shape index (κ2) is 7.21. The predicted octanol–water partition coefficient (Wildman–Crippen LogP) is 3.50. The van der Waals surface area contributed by atoms with Crippen LogP contribution in [0.1, 0.15) is 18.1 Å². The van der Waals surface area contributed by atoms with Crippen LogP contribution >= 0.6 is 0 Å². The van der Waals surface area contributed by atoms with Gasteiger partial charge in [-0.2, -0.15) is 0 Å². The number of nitrogens with one attached hydrogen (secondary N) is 2. The standard InChI is InChI=1S/C20H20N2O3/c1-13(2)19(23)25-10-9-21-20(24)22-16-7-8-18-15(12-16)11-14-5-3-4-6-17(14)18/h3-8,12H,1,9-11H2,2H3,(H2,21,22,24). The Hall–Kier alpha value is -3.08. The zero-order chi connectivity index (χ0) is 17.8. The van der Waals surface area contributed by atoms with E-state index in [2.05, 4.69) is 29.3 Å². The lowest BCUT2D eigenvalue weighted by molar-refractivity contribution is -0.138. The monoisotopic (exact) mass is 336 g/mol. The molecular weight excluding hydrogens is 316 g/mol. The van der Waals surface area contributed by atoms with Crippen LogP contribution in [0.3, 0.4) is 0 Å². The summed E-state index contributed by atoms with van der Waals surface area (Å²) in [5, 5.41) is 5.45. The van der Waals surface area contributed by atoms with Crippen molar-refractivity contribution >= 4 is 17.7 Å². The molecule has 128 valence electrons. The van der Waals surface area contributed by atoms with Crippen LogP contribution in [0.4, 0.5) is 10.5 Å². The van der Waals surface area contributed by atoms with E-state index >= 15 is 0 Å². The third kappa shape index (κ3) is 3.88. The molecule has 0 bridgehead atoms. The van der Waals surface area contributed by atoms with E-state index in [1.54, 1.807) is 6.92 Å². The Balaban J connectivity index is 1.53. The van der Waals surface area contributed by atoms with Crippen LogP contribution in [-0.2, 0) is 16.0 Å². The molecule has 0 saturated carbocycles. The molecule has 2 aromatic rings. The Morgan fingerprint density at radius 2 is 1.88 bits per heavy atom. The Kier molecular flexibility index (Phi) is 4.84. The number of benzene rings is 2. The van der Waals surface area contributed by atoms with Crippen LogP contribution in [0, 0.1) is 0 Å². The second-order valence-corrected chi connectivity index (χ2v) is 6.00. The first-order valence-electron chi connectivity index (χ1n) is 8.13. The highest BCUT2D eigenvalue weighted by Gasteiger charge is 2.18. The molecule has 1 aliphatic rings. The van der Waals surface area contributed by atoms with Gasteiger partial charge in [-0.15, -0.1) is 0 Å². The summed E-state index contributed by atoms with van der Waals surface area (Å²) in [5.41, 5.74) is 6.06. The van der Waals surface area contributed by atoms with Crippen molar-refractivity contribution in [3.05, 3.63) is 65.7 Å². The Bertz CT molecular complexity index is 843. The molecule has 0 radical (unpaired) electrons. The molecule has 1 aliphatic carbocycles. The lowest BCUT2D eigenvalue weighted by Crippen LogP contribution is -2.32. The van der Waals surface area contributed by atoms with Gasteiger partial charge in [-0.1, -0.05) is 36.9 Å². The molecule has 0 aromatic heterocycles. The highest BCUT2D eigenvalue weighted by molar-refractivity contribution is 5.90. The maximum Gasteiger partial charge on any atom is 0.333 e. The number of fused-ring (bicyclic) bond motifs is 3. The summed E-state index contributed by atoms with van der Waals surface area (Å²) in [6.07, 6.45) is 0.875. The molecule has 0 saturated heterocycles. The zero-order valence-corrected chi connectivity index (χ0v) is 14.1. The van der Waals surface area contributed by atoms with Gasteiger partial charge in [0.05, 0.1) is 6.54 Å². The lowest BCUT2D eigenvalue weighted by Gasteiger charge is -2.09. The van der Waals surface area contributed by atoms with Crippen molar-refractivity contribution in [3.63, 3.8) is 0 Å². The Labute approximate surface area is 146 Å². The minimum atomic E-state index is -0.458. The number of urea groups is 1. The molecule has 2 amide bonds. The normalized spacial score (nSPS) is 11.2. The molecule has 0 fully saturated rings. The fourth-order valence-corrected chi connectivity index (χ4v) is 2.83. The van der Waals surface area contributed by atoms with Crippen molar-refractivity contribution < 1.29 is 14.3 Å². The average Bonchev–Trinajstić information content (AvgIpc) is 2.96. The summed E-state index contributed by atoms with van der Waals surface area (Å²) < 4.78 is 4.92. The summed E-state index contributed by atoms with van der Waals surface area (Å²) in [5.74, 6) is -0.458. The number of esters is 1. The number of amides is 2. The van der Waals surface area contributed by atoms with Gasteiger partial charge in [0, 0.05) is 11.3 Å². The largest absolute Gasteiger partial charge is 0.460 e. The number of carbonyl (C=O) groups is 2. The average molecular weight is 336 g/mol. The molecule has 0 unspecified atom stereocenters. The van der Waals surface area contributed by atoms with Gasteiger partial charge >= 0.3 is 12.0 Å². The zero-order valence-electron chi connectivity index (χ0n) is 14.1. The fourth-order valence-electron chi connectivity index (χ4n) is 2.83. The number of carbonyl (C=O) groups excluding carboxylic acids is 2. The quantitative estimate of drug-likeness (QED) is 0.426. The summed E-state index contributed by atoms with van der Waals surface area (Å²) in [4.78, 5) is 23.2. The SMILES string of the molecule is C=C(C)C(=O)OCCNC(=O)Nc1ccc2c(c1)Cc1ccccc1-2. The van der Waals surface area contributed by atoms with Gasteiger partial charge in [0.2, 0.25) is 0 Å². The Morgan fingerprint density at radius 1 is 1.12 bits per heavy atom. The van der Waals surface area contributed by atoms with Gasteiger partial charge in [0.25, 0.3) is 0 Å². The molecular formula is C20H20N2O3. The van der Waals surface area contributed by atoms with Gasteiger partial charge in [0.15, 0.2) is 0 Å². The number of hydrogen-bond acceptors (Lipinski definition) is 3. The van der Waals surface area contributed by atoms with Crippen molar-refractivity contribution in [2.45, 2.75) is 13.3 Å². The molecule has 5 heteroatoms. The first-order chi connectivity index (χ1) is 12.0. The van der Waals surface area contributed by atoms with E-state index in [-0.39, 0.29) is 19.2 Å². The van der Waals surface area contributed by atoms with Gasteiger partial charge in [-0.05, 0) is 47.7 Å². The van der Waals surface area contributed by atoms with Gasteiger partial charge < -0.3 is 15.4 Å². The maximum atomic E-state index is 11.9. The highest BCUT2D eigenvalue weighted by Crippen LogP contribution is 2.37. The smallest absolute Gasteiger partial charge is 0.333 e. The third-order valence-electron chi connectivity index (χ3n) is 4.02. The maximum absolute atomic E-state index is 11.9. The lowest BCUT2D eigenvalue weighted by atomic mass is 10.1. The van der Waals surface area contributed by atoms with Crippen molar-refractivity contribution in [1.29, 1.82) is 0 Å². The van der Waals surface area contributed by atoms with Crippen LogP contribution in [0.15, 0.2) is 54.6 Å². The van der Waals surface area contributed by atoms with E-state index < -0.39 is 5.97 Å². The van der Waals surface area contributed by atoms with Gasteiger partial charge in [-0.25, -0.2) is 9.59 Å². The molecule has 5 nitrogen and oxygen atoms in total. The number of ether oxygens (including phenoxy) is 1. The fraction of sp³-hybridized carbons (Fsp3) is 0.200. The number of hydrogen-bond donors (Lipinski definition) is 2. The van der Waals surface area contributed by atoms with E-state index in [0.717, 1.165) is 12.1 Å². The van der Waals surface area contributed by atoms with Crippen LogP contribution in [0.5, 0.6) is 0 Å². The number of rotatable bonds is 5. The predicted molar refractivity (Wildman–Crippen MR) is 97.5 cm³/mol. The Morgan fingerprint density at radius 3 is 2.68 bits per heavy atom. The van der Waals surface area contributed by atoms with Gasteiger partial charge in [0.1, 0.15) is 6.61 Å². The minimum absolute atomic E-state index is 0.110. The van der Waals surface area contributed by atoms with E-state index in [1.165, 1.54) is 22.3 Å². The molecule has 2 aromatic carbocycles. The van der Waals surface area contributed by atoms with Crippen molar-refractivity contribution in [1.82, 2.24) is 5.32 Å². The molecule has 3 rings (SSSR count). The van der Waals surface area contributed by atoms with E-state index in [1.807, 2.05) is 30.3 Å². The van der Waals surface area contributed by atoms with Crippen LogP contribution in [-0.4, -0.2) is 25.2 Å². The molecule has 0 spiro atoms. The minimum Gasteiger partial charge on any atom is -0.460 e. The number of anilines is 1. The summed E-state index contributed by atoms with van der Waals surface area (Å²) in [7, 11) is 0. The second-order valence-electron chi connectivity index (χ2n) is 6.00. The molecule has 0 heterocycles. The van der Waals surface area contributed by atoms with E-state index in [0.29, 0.717) is 5.57 Å². The highest BCUT2D eigenvalue weighted by atomic mass is 16.5. The summed E-state index contributed by atoms with van der Waals surface area (Å²) in [6, 6.07) is 13.9. The van der Waals surface area contributed by atoms with Crippen molar-refractivity contribution in [2.24, 2.45) is 0 Å². The van der Waals surface area contributed by atoms with Crippen LogP contribution in [0.25, 0.3) is 11.1 Å². The molecule has 0 atom stereocenters. The van der Waals surface area contributed by atoms with Gasteiger partial charge in [-0.3, -0.25) is 0 Å². The summed E-state index contributed by atoms with van der Waals surface area (Å²) >= 11 is 0. The van der Waals surface area contributed by atoms with E-state index in [9.17, 15) is 9.59 Å². The third-order valence-corrected chi connectivity index (χ3v) is 4.02. The first-order valence-corrected chi connectivity index (χ1v) is 8.13. The van der Waals surface area contributed by atoms with Crippen molar-refractivity contribution in [2.75, 3.05) is 18.5 Å². The van der Waals surface area contributed by atoms with Crippen LogP contribution < -0.4 is 10.6 Å². The summed E-state index contributed by atoms with van der Waals surface area (Å²) in [6.45, 7) is 5.42. The molecule has 25 heavy (non-hydrogen) atoms. The first kappa shape index (κ1) is 16.8. The van der Waals surface area contributed by atoms with Crippen molar-refractivity contribution in [3.8, 4) is 11.1 Å². The van der Waals surface area contributed by atoms with Crippen LogP contribution in [0.2, 0.25) is 0 Å². The molecule has 2 N–H and O–H groups in total. The molecule has 0 aliphatic heterocycles. The van der Waals surface area contributed by atoms with E-state index in [4.69, 9.17) is 4.74 Å².